The summed E-state index contributed by atoms with van der Waals surface area (Å²) in [4.78, 5) is 2.28. The van der Waals surface area contributed by atoms with E-state index in [9.17, 15) is 0 Å². The summed E-state index contributed by atoms with van der Waals surface area (Å²) in [7, 11) is 3.85. The smallest absolute Gasteiger partial charge is 0.0947 e. The maximum atomic E-state index is 5.12. The lowest BCUT2D eigenvalue weighted by Gasteiger charge is -2.23. The fraction of sp³-hybridized carbons (Fsp3) is 0.667. The van der Waals surface area contributed by atoms with Crippen molar-refractivity contribution in [2.45, 2.75) is 19.5 Å². The summed E-state index contributed by atoms with van der Waals surface area (Å²) < 4.78 is 10.1. The zero-order valence-corrected chi connectivity index (χ0v) is 10.4. The SMILES string of the molecule is COCC(C)N(C)CCNCc1ccoc1. The third-order valence-electron chi connectivity index (χ3n) is 2.71. The highest BCUT2D eigenvalue weighted by atomic mass is 16.5. The largest absolute Gasteiger partial charge is 0.472 e. The lowest BCUT2D eigenvalue weighted by atomic mass is 10.3. The number of ether oxygens (including phenoxy) is 1. The van der Waals surface area contributed by atoms with Crippen molar-refractivity contribution in [3.63, 3.8) is 0 Å². The molecule has 0 bridgehead atoms. The average Bonchev–Trinajstić information content (AvgIpc) is 2.77. The Bertz CT molecular complexity index is 262. The molecule has 0 radical (unpaired) electrons. The second-order valence-electron chi connectivity index (χ2n) is 4.09. The van der Waals surface area contributed by atoms with E-state index < -0.39 is 0 Å². The minimum absolute atomic E-state index is 0.459. The predicted octanol–water partition coefficient (Wildman–Crippen LogP) is 1.34. The van der Waals surface area contributed by atoms with E-state index in [-0.39, 0.29) is 0 Å². The van der Waals surface area contributed by atoms with Crippen molar-refractivity contribution < 1.29 is 9.15 Å². The molecule has 1 aromatic rings. The highest BCUT2D eigenvalue weighted by molar-refractivity contribution is 5.04. The van der Waals surface area contributed by atoms with E-state index in [0.717, 1.165) is 26.2 Å². The lowest BCUT2D eigenvalue weighted by molar-refractivity contribution is 0.116. The van der Waals surface area contributed by atoms with Gasteiger partial charge in [-0.05, 0) is 20.0 Å². The van der Waals surface area contributed by atoms with Crippen LogP contribution < -0.4 is 5.32 Å². The molecule has 4 heteroatoms. The van der Waals surface area contributed by atoms with E-state index in [0.29, 0.717) is 6.04 Å². The topological polar surface area (TPSA) is 37.6 Å². The van der Waals surface area contributed by atoms with Gasteiger partial charge in [-0.2, -0.15) is 0 Å². The van der Waals surface area contributed by atoms with Gasteiger partial charge >= 0.3 is 0 Å². The highest BCUT2D eigenvalue weighted by Crippen LogP contribution is 1.98. The molecule has 16 heavy (non-hydrogen) atoms. The number of furan rings is 1. The second kappa shape index (κ2) is 7.44. The Morgan fingerprint density at radius 3 is 3.00 bits per heavy atom. The molecule has 0 aliphatic heterocycles. The van der Waals surface area contributed by atoms with Gasteiger partial charge in [0.2, 0.25) is 0 Å². The van der Waals surface area contributed by atoms with Crippen LogP contribution in [0.3, 0.4) is 0 Å². The average molecular weight is 226 g/mol. The summed E-state index contributed by atoms with van der Waals surface area (Å²) in [5.74, 6) is 0. The molecule has 1 N–H and O–H groups in total. The van der Waals surface area contributed by atoms with Crippen LogP contribution >= 0.6 is 0 Å². The molecule has 4 nitrogen and oxygen atoms in total. The van der Waals surface area contributed by atoms with Gasteiger partial charge in [0, 0.05) is 38.3 Å². The third-order valence-corrected chi connectivity index (χ3v) is 2.71. The fourth-order valence-corrected chi connectivity index (χ4v) is 1.47. The quantitative estimate of drug-likeness (QED) is 0.679. The number of rotatable bonds is 8. The summed E-state index contributed by atoms with van der Waals surface area (Å²) >= 11 is 0. The first kappa shape index (κ1) is 13.2. The van der Waals surface area contributed by atoms with Crippen LogP contribution in [0.5, 0.6) is 0 Å². The number of likely N-dealkylation sites (N-methyl/N-ethyl adjacent to an activating group) is 1. The van der Waals surface area contributed by atoms with Crippen molar-refractivity contribution in [2.24, 2.45) is 0 Å². The van der Waals surface area contributed by atoms with Crippen LogP contribution in [-0.4, -0.2) is 44.8 Å². The van der Waals surface area contributed by atoms with Crippen molar-refractivity contribution in [3.05, 3.63) is 24.2 Å². The summed E-state index contributed by atoms with van der Waals surface area (Å²) in [6.07, 6.45) is 3.47. The molecular formula is C12H22N2O2. The van der Waals surface area contributed by atoms with Gasteiger partial charge in [0.05, 0.1) is 19.1 Å². The number of nitrogens with zero attached hydrogens (tertiary/aromatic N) is 1. The molecular weight excluding hydrogens is 204 g/mol. The zero-order valence-electron chi connectivity index (χ0n) is 10.4. The standard InChI is InChI=1S/C12H22N2O2/c1-11(9-15-3)14(2)6-5-13-8-12-4-7-16-10-12/h4,7,10-11,13H,5-6,8-9H2,1-3H3. The van der Waals surface area contributed by atoms with Gasteiger partial charge < -0.3 is 19.4 Å². The van der Waals surface area contributed by atoms with Crippen molar-refractivity contribution in [1.29, 1.82) is 0 Å². The summed E-state index contributed by atoms with van der Waals surface area (Å²) in [6.45, 7) is 5.79. The maximum Gasteiger partial charge on any atom is 0.0947 e. The number of nitrogens with one attached hydrogen (secondary N) is 1. The summed E-state index contributed by atoms with van der Waals surface area (Å²) in [6, 6.07) is 2.44. The molecule has 0 saturated heterocycles. The molecule has 1 heterocycles. The maximum absolute atomic E-state index is 5.12. The Morgan fingerprint density at radius 2 is 2.38 bits per heavy atom. The van der Waals surface area contributed by atoms with Crippen molar-refractivity contribution in [2.75, 3.05) is 33.9 Å². The first-order chi connectivity index (χ1) is 7.74. The zero-order chi connectivity index (χ0) is 11.8. The van der Waals surface area contributed by atoms with Gasteiger partial charge in [0.1, 0.15) is 0 Å². The Kier molecular flexibility index (Phi) is 6.15. The molecule has 0 fully saturated rings. The number of methoxy groups -OCH3 is 1. The van der Waals surface area contributed by atoms with Gasteiger partial charge in [0.15, 0.2) is 0 Å². The van der Waals surface area contributed by atoms with Crippen molar-refractivity contribution >= 4 is 0 Å². The molecule has 1 aromatic heterocycles. The molecule has 1 rings (SSSR count). The van der Waals surface area contributed by atoms with Gasteiger partial charge in [-0.15, -0.1) is 0 Å². The van der Waals surface area contributed by atoms with Crippen LogP contribution in [0.2, 0.25) is 0 Å². The Hall–Kier alpha value is -0.840. The Balaban J connectivity index is 2.06. The van der Waals surface area contributed by atoms with Crippen LogP contribution in [0.25, 0.3) is 0 Å². The van der Waals surface area contributed by atoms with Gasteiger partial charge in [-0.25, -0.2) is 0 Å². The summed E-state index contributed by atoms with van der Waals surface area (Å²) in [5.41, 5.74) is 1.19. The molecule has 92 valence electrons. The van der Waals surface area contributed by atoms with E-state index in [2.05, 4.69) is 24.2 Å². The molecule has 1 unspecified atom stereocenters. The van der Waals surface area contributed by atoms with E-state index in [1.54, 1.807) is 19.6 Å². The monoisotopic (exact) mass is 226 g/mol. The molecule has 0 spiro atoms. The van der Waals surface area contributed by atoms with Crippen molar-refractivity contribution in [1.82, 2.24) is 10.2 Å². The lowest BCUT2D eigenvalue weighted by Crippen LogP contribution is -2.37. The van der Waals surface area contributed by atoms with E-state index >= 15 is 0 Å². The molecule has 0 amide bonds. The molecule has 0 aliphatic rings. The molecule has 0 aliphatic carbocycles. The number of hydrogen-bond acceptors (Lipinski definition) is 4. The van der Waals surface area contributed by atoms with Gasteiger partial charge in [0.25, 0.3) is 0 Å². The third kappa shape index (κ3) is 4.79. The van der Waals surface area contributed by atoms with Crippen LogP contribution in [0, 0.1) is 0 Å². The van der Waals surface area contributed by atoms with E-state index in [1.165, 1.54) is 5.56 Å². The van der Waals surface area contributed by atoms with Crippen LogP contribution in [0.15, 0.2) is 23.0 Å². The molecule has 1 atom stereocenters. The van der Waals surface area contributed by atoms with E-state index in [1.807, 2.05) is 6.07 Å². The van der Waals surface area contributed by atoms with Crippen LogP contribution in [-0.2, 0) is 11.3 Å². The minimum Gasteiger partial charge on any atom is -0.472 e. The Morgan fingerprint density at radius 1 is 1.56 bits per heavy atom. The first-order valence-electron chi connectivity index (χ1n) is 5.65. The van der Waals surface area contributed by atoms with Crippen LogP contribution in [0.1, 0.15) is 12.5 Å². The fourth-order valence-electron chi connectivity index (χ4n) is 1.47. The summed E-state index contributed by atoms with van der Waals surface area (Å²) in [5, 5.41) is 3.37. The minimum atomic E-state index is 0.459. The van der Waals surface area contributed by atoms with Gasteiger partial charge in [-0.1, -0.05) is 0 Å². The van der Waals surface area contributed by atoms with E-state index in [4.69, 9.17) is 9.15 Å². The molecule has 0 aromatic carbocycles. The van der Waals surface area contributed by atoms with Gasteiger partial charge in [-0.3, -0.25) is 0 Å². The molecule has 0 saturated carbocycles. The normalized spacial score (nSPS) is 13.2. The van der Waals surface area contributed by atoms with Crippen molar-refractivity contribution in [3.8, 4) is 0 Å². The Labute approximate surface area is 97.6 Å². The first-order valence-corrected chi connectivity index (χ1v) is 5.65. The number of hydrogen-bond donors (Lipinski definition) is 1. The second-order valence-corrected chi connectivity index (χ2v) is 4.09. The highest BCUT2D eigenvalue weighted by Gasteiger charge is 2.07. The van der Waals surface area contributed by atoms with Crippen LogP contribution in [0.4, 0.5) is 0 Å². The predicted molar refractivity (Wildman–Crippen MR) is 64.4 cm³/mol.